The Labute approximate surface area is 106 Å². The third-order valence-corrected chi connectivity index (χ3v) is 2.87. The number of hydrogen-bond acceptors (Lipinski definition) is 4. The summed E-state index contributed by atoms with van der Waals surface area (Å²) in [5, 5.41) is 0. The van der Waals surface area contributed by atoms with Crippen LogP contribution in [0.3, 0.4) is 0 Å². The summed E-state index contributed by atoms with van der Waals surface area (Å²) in [7, 11) is -4.02. The molecule has 0 aliphatic carbocycles. The summed E-state index contributed by atoms with van der Waals surface area (Å²) in [6, 6.07) is 9.07. The van der Waals surface area contributed by atoms with E-state index in [1.807, 2.05) is 18.2 Å². The fourth-order valence-electron chi connectivity index (χ4n) is 1.41. The highest BCUT2D eigenvalue weighted by Crippen LogP contribution is 2.05. The number of benzene rings is 1. The molecule has 0 fully saturated rings. The maximum absolute atomic E-state index is 11.1. The van der Waals surface area contributed by atoms with Crippen molar-refractivity contribution in [2.24, 2.45) is 4.99 Å². The summed E-state index contributed by atoms with van der Waals surface area (Å²) in [6.45, 7) is 1.39. The van der Waals surface area contributed by atoms with Gasteiger partial charge in [0.2, 0.25) is 0 Å². The Morgan fingerprint density at radius 3 is 2.39 bits per heavy atom. The Hall–Kier alpha value is -1.53. The first-order valence-corrected chi connectivity index (χ1v) is 7.03. The van der Waals surface area contributed by atoms with Crippen molar-refractivity contribution in [1.82, 2.24) is 0 Å². The van der Waals surface area contributed by atoms with Crippen molar-refractivity contribution >= 4 is 21.6 Å². The van der Waals surface area contributed by atoms with Crippen LogP contribution in [0.25, 0.3) is 0 Å². The number of nitrogens with zero attached hydrogens (tertiary/aromatic N) is 1. The largest absolute Gasteiger partial charge is 0.300 e. The Bertz CT molecular complexity index is 534. The second-order valence-electron chi connectivity index (χ2n) is 3.86. The van der Waals surface area contributed by atoms with Gasteiger partial charge in [-0.2, -0.15) is 8.42 Å². The molecule has 0 spiro atoms. The second kappa shape index (κ2) is 6.42. The second-order valence-corrected chi connectivity index (χ2v) is 5.43. The lowest BCUT2D eigenvalue weighted by atomic mass is 10.1. The lowest BCUT2D eigenvalue weighted by Crippen LogP contribution is -2.11. The molecule has 0 atom stereocenters. The van der Waals surface area contributed by atoms with E-state index in [4.69, 9.17) is 4.55 Å². The zero-order valence-corrected chi connectivity index (χ0v) is 10.9. The third-order valence-electron chi connectivity index (χ3n) is 2.18. The number of Topliss-reactive ketones (excluding diaryl/α,β-unsaturated/α-hetero) is 1. The van der Waals surface area contributed by atoms with E-state index < -0.39 is 15.9 Å². The van der Waals surface area contributed by atoms with E-state index in [2.05, 4.69) is 4.99 Å². The Balaban J connectivity index is 2.85. The van der Waals surface area contributed by atoms with Crippen molar-refractivity contribution in [2.45, 2.75) is 13.3 Å². The van der Waals surface area contributed by atoms with Crippen molar-refractivity contribution in [3.8, 4) is 0 Å². The minimum atomic E-state index is -4.02. The van der Waals surface area contributed by atoms with Gasteiger partial charge < -0.3 is 0 Å². The lowest BCUT2D eigenvalue weighted by molar-refractivity contribution is -0.115. The van der Waals surface area contributed by atoms with Gasteiger partial charge in [0.25, 0.3) is 10.1 Å². The molecule has 1 N–H and O–H groups in total. The third kappa shape index (κ3) is 5.70. The number of carbonyl (C=O) groups excluding carboxylic acids is 1. The number of hydrogen-bond donors (Lipinski definition) is 1. The van der Waals surface area contributed by atoms with E-state index in [9.17, 15) is 13.2 Å². The van der Waals surface area contributed by atoms with Crippen LogP contribution in [0.15, 0.2) is 35.3 Å². The van der Waals surface area contributed by atoms with Gasteiger partial charge in [-0.05, 0) is 12.5 Å². The van der Waals surface area contributed by atoms with E-state index in [1.165, 1.54) is 6.92 Å². The van der Waals surface area contributed by atoms with Crippen LogP contribution in [0.2, 0.25) is 0 Å². The van der Waals surface area contributed by atoms with Crippen LogP contribution >= 0.6 is 0 Å². The van der Waals surface area contributed by atoms with E-state index >= 15 is 0 Å². The van der Waals surface area contributed by atoms with Gasteiger partial charge in [0.05, 0.1) is 12.3 Å². The Kier molecular flexibility index (Phi) is 5.18. The molecular weight excluding hydrogens is 254 g/mol. The van der Waals surface area contributed by atoms with Crippen LogP contribution in [0, 0.1) is 0 Å². The molecule has 0 saturated heterocycles. The molecule has 0 bridgehead atoms. The summed E-state index contributed by atoms with van der Waals surface area (Å²) in [4.78, 5) is 15.2. The van der Waals surface area contributed by atoms with E-state index in [-0.39, 0.29) is 18.7 Å². The molecule has 1 rings (SSSR count). The smallest absolute Gasteiger partial charge is 0.266 e. The summed E-state index contributed by atoms with van der Waals surface area (Å²) in [5.41, 5.74) is 1.31. The maximum atomic E-state index is 11.1. The quantitative estimate of drug-likeness (QED) is 0.624. The van der Waals surface area contributed by atoms with Crippen molar-refractivity contribution in [3.05, 3.63) is 35.9 Å². The Morgan fingerprint density at radius 2 is 1.89 bits per heavy atom. The highest BCUT2D eigenvalue weighted by atomic mass is 32.2. The summed E-state index contributed by atoms with van der Waals surface area (Å²) < 4.78 is 29.8. The molecule has 0 aliphatic heterocycles. The molecule has 18 heavy (non-hydrogen) atoms. The van der Waals surface area contributed by atoms with Crippen LogP contribution in [-0.4, -0.2) is 36.8 Å². The van der Waals surface area contributed by atoms with Gasteiger partial charge in [-0.1, -0.05) is 30.3 Å². The molecule has 5 nitrogen and oxygen atoms in total. The maximum Gasteiger partial charge on any atom is 0.266 e. The number of rotatable bonds is 6. The molecule has 0 aromatic heterocycles. The van der Waals surface area contributed by atoms with Crippen LogP contribution in [0.5, 0.6) is 0 Å². The van der Waals surface area contributed by atoms with Gasteiger partial charge in [0.15, 0.2) is 0 Å². The SMILES string of the molecule is CC(=O)CC(=NCCS(=O)(=O)O)c1ccccc1. The monoisotopic (exact) mass is 269 g/mol. The van der Waals surface area contributed by atoms with Gasteiger partial charge in [-0.15, -0.1) is 0 Å². The van der Waals surface area contributed by atoms with Crippen molar-refractivity contribution in [3.63, 3.8) is 0 Å². The van der Waals surface area contributed by atoms with Crippen molar-refractivity contribution < 1.29 is 17.8 Å². The highest BCUT2D eigenvalue weighted by Gasteiger charge is 2.08. The van der Waals surface area contributed by atoms with Gasteiger partial charge in [0.1, 0.15) is 5.78 Å². The summed E-state index contributed by atoms with van der Waals surface area (Å²) >= 11 is 0. The topological polar surface area (TPSA) is 83.8 Å². The van der Waals surface area contributed by atoms with Gasteiger partial charge in [-0.25, -0.2) is 0 Å². The molecule has 0 heterocycles. The van der Waals surface area contributed by atoms with E-state index in [0.717, 1.165) is 5.56 Å². The standard InChI is InChI=1S/C12H15NO4S/c1-10(14)9-12(11-5-3-2-4-6-11)13-7-8-18(15,16)17/h2-6H,7-9H2,1H3,(H,15,16,17). The molecule has 6 heteroatoms. The molecule has 0 radical (unpaired) electrons. The molecular formula is C12H15NO4S. The van der Waals surface area contributed by atoms with Gasteiger partial charge >= 0.3 is 0 Å². The first kappa shape index (κ1) is 14.5. The normalized spacial score (nSPS) is 12.4. The number of ketones is 1. The highest BCUT2D eigenvalue weighted by molar-refractivity contribution is 7.85. The summed E-state index contributed by atoms with van der Waals surface area (Å²) in [5.74, 6) is -0.495. The molecule has 1 aromatic carbocycles. The van der Waals surface area contributed by atoms with Crippen LogP contribution in [-0.2, 0) is 14.9 Å². The fourth-order valence-corrected chi connectivity index (χ4v) is 1.73. The van der Waals surface area contributed by atoms with Crippen LogP contribution in [0.4, 0.5) is 0 Å². The van der Waals surface area contributed by atoms with Crippen LogP contribution in [0.1, 0.15) is 18.9 Å². The Morgan fingerprint density at radius 1 is 1.28 bits per heavy atom. The molecule has 1 aromatic rings. The van der Waals surface area contributed by atoms with Gasteiger partial charge in [0, 0.05) is 12.1 Å². The predicted octanol–water partition coefficient (Wildman–Crippen LogP) is 1.34. The van der Waals surface area contributed by atoms with Crippen molar-refractivity contribution in [1.29, 1.82) is 0 Å². The average Bonchev–Trinajstić information content (AvgIpc) is 2.27. The average molecular weight is 269 g/mol. The zero-order valence-electron chi connectivity index (χ0n) is 10.0. The predicted molar refractivity (Wildman–Crippen MR) is 69.6 cm³/mol. The van der Waals surface area contributed by atoms with Gasteiger partial charge in [-0.3, -0.25) is 14.3 Å². The molecule has 0 saturated carbocycles. The molecule has 98 valence electrons. The molecule has 0 amide bonds. The summed E-state index contributed by atoms with van der Waals surface area (Å²) in [6.07, 6.45) is 0.148. The molecule has 0 unspecified atom stereocenters. The van der Waals surface area contributed by atoms with E-state index in [0.29, 0.717) is 5.71 Å². The fraction of sp³-hybridized carbons (Fsp3) is 0.333. The minimum absolute atomic E-state index is 0.0514. The van der Waals surface area contributed by atoms with E-state index in [1.54, 1.807) is 12.1 Å². The lowest BCUT2D eigenvalue weighted by Gasteiger charge is -2.04. The number of carbonyl (C=O) groups is 1. The zero-order chi connectivity index (χ0) is 13.6. The van der Waals surface area contributed by atoms with Crippen LogP contribution < -0.4 is 0 Å². The van der Waals surface area contributed by atoms with Crippen molar-refractivity contribution in [2.75, 3.05) is 12.3 Å². The first-order valence-electron chi connectivity index (χ1n) is 5.42. The molecule has 0 aliphatic rings. The number of aliphatic imine (C=N–C) groups is 1. The minimum Gasteiger partial charge on any atom is -0.300 e. The first-order chi connectivity index (χ1) is 8.38.